The van der Waals surface area contributed by atoms with E-state index in [9.17, 15) is 9.18 Å². The molecule has 1 aromatic carbocycles. The fourth-order valence-electron chi connectivity index (χ4n) is 1.58. The molecule has 1 aromatic rings. The maximum atomic E-state index is 13.3. The van der Waals surface area contributed by atoms with Gasteiger partial charge in [0.25, 0.3) is 0 Å². The summed E-state index contributed by atoms with van der Waals surface area (Å²) < 4.78 is 13.3. The van der Waals surface area contributed by atoms with Crippen LogP contribution < -0.4 is 5.32 Å². The lowest BCUT2D eigenvalue weighted by atomic mass is 10.2. The Morgan fingerprint density at radius 1 is 1.44 bits per heavy atom. The van der Waals surface area contributed by atoms with E-state index in [0.29, 0.717) is 18.7 Å². The minimum Gasteiger partial charge on any atom is -0.395 e. The van der Waals surface area contributed by atoms with Crippen LogP contribution in [0, 0.1) is 5.82 Å². The van der Waals surface area contributed by atoms with Gasteiger partial charge in [-0.3, -0.25) is 9.69 Å². The van der Waals surface area contributed by atoms with Crippen molar-refractivity contribution in [1.82, 2.24) is 10.2 Å². The van der Waals surface area contributed by atoms with Crippen molar-refractivity contribution >= 4 is 5.91 Å². The number of carbonyl (C=O) groups excluding carboxylic acids is 1. The first-order chi connectivity index (χ1) is 8.67. The summed E-state index contributed by atoms with van der Waals surface area (Å²) in [6.45, 7) is 3.49. The van der Waals surface area contributed by atoms with Gasteiger partial charge in [0.15, 0.2) is 0 Å². The maximum Gasteiger partial charge on any atom is 0.234 e. The summed E-state index contributed by atoms with van der Waals surface area (Å²) in [5, 5.41) is 11.5. The van der Waals surface area contributed by atoms with E-state index in [2.05, 4.69) is 5.32 Å². The average molecular weight is 254 g/mol. The number of nitrogens with one attached hydrogen (secondary N) is 1. The molecule has 18 heavy (non-hydrogen) atoms. The molecule has 0 heterocycles. The summed E-state index contributed by atoms with van der Waals surface area (Å²) in [6, 6.07) is 6.35. The summed E-state index contributed by atoms with van der Waals surface area (Å²) in [7, 11) is 0. The Morgan fingerprint density at radius 2 is 2.17 bits per heavy atom. The predicted molar refractivity (Wildman–Crippen MR) is 67.4 cm³/mol. The standard InChI is InChI=1S/C13H19FN2O2/c1-2-16(7-8-17)10-13(18)15-9-11-5-3-4-6-12(11)14/h3-6,17H,2,7-10H2,1H3,(H,15,18). The molecule has 0 bridgehead atoms. The van der Waals surface area contributed by atoms with Crippen LogP contribution in [0.25, 0.3) is 0 Å². The molecule has 1 rings (SSSR count). The van der Waals surface area contributed by atoms with Gasteiger partial charge in [-0.15, -0.1) is 0 Å². The number of likely N-dealkylation sites (N-methyl/N-ethyl adjacent to an activating group) is 1. The monoisotopic (exact) mass is 254 g/mol. The highest BCUT2D eigenvalue weighted by Crippen LogP contribution is 2.05. The summed E-state index contributed by atoms with van der Waals surface area (Å²) in [4.78, 5) is 13.4. The Hall–Kier alpha value is -1.46. The van der Waals surface area contributed by atoms with Crippen molar-refractivity contribution in [1.29, 1.82) is 0 Å². The minimum atomic E-state index is -0.319. The lowest BCUT2D eigenvalue weighted by Gasteiger charge is -2.18. The number of hydrogen-bond donors (Lipinski definition) is 2. The summed E-state index contributed by atoms with van der Waals surface area (Å²) in [5.74, 6) is -0.492. The summed E-state index contributed by atoms with van der Waals surface area (Å²) in [5.41, 5.74) is 0.469. The molecule has 0 saturated heterocycles. The molecular formula is C13H19FN2O2. The van der Waals surface area contributed by atoms with Gasteiger partial charge in [0.2, 0.25) is 5.91 Å². The van der Waals surface area contributed by atoms with Crippen LogP contribution in [0.4, 0.5) is 4.39 Å². The molecule has 0 radical (unpaired) electrons. The molecule has 0 aliphatic carbocycles. The van der Waals surface area contributed by atoms with E-state index in [-0.39, 0.29) is 31.4 Å². The normalized spacial score (nSPS) is 10.7. The fourth-order valence-corrected chi connectivity index (χ4v) is 1.58. The van der Waals surface area contributed by atoms with Crippen LogP contribution in [0.3, 0.4) is 0 Å². The SMILES string of the molecule is CCN(CCO)CC(=O)NCc1ccccc1F. The molecule has 0 unspecified atom stereocenters. The molecule has 0 aromatic heterocycles. The number of aliphatic hydroxyl groups excluding tert-OH is 1. The van der Waals surface area contributed by atoms with E-state index in [0.717, 1.165) is 0 Å². The number of aliphatic hydroxyl groups is 1. The molecular weight excluding hydrogens is 235 g/mol. The van der Waals surface area contributed by atoms with E-state index in [4.69, 9.17) is 5.11 Å². The first-order valence-corrected chi connectivity index (χ1v) is 6.00. The van der Waals surface area contributed by atoms with Gasteiger partial charge in [-0.2, -0.15) is 0 Å². The smallest absolute Gasteiger partial charge is 0.234 e. The van der Waals surface area contributed by atoms with E-state index >= 15 is 0 Å². The molecule has 0 spiro atoms. The number of hydrogen-bond acceptors (Lipinski definition) is 3. The van der Waals surface area contributed by atoms with Crippen molar-refractivity contribution in [2.24, 2.45) is 0 Å². The molecule has 1 amide bonds. The Labute approximate surface area is 106 Å². The molecule has 4 nitrogen and oxygen atoms in total. The molecule has 0 fully saturated rings. The van der Waals surface area contributed by atoms with Crippen molar-refractivity contribution in [2.75, 3.05) is 26.2 Å². The zero-order chi connectivity index (χ0) is 13.4. The van der Waals surface area contributed by atoms with Gasteiger partial charge < -0.3 is 10.4 Å². The third-order valence-electron chi connectivity index (χ3n) is 2.66. The molecule has 0 aliphatic heterocycles. The molecule has 0 aliphatic rings. The quantitative estimate of drug-likeness (QED) is 0.755. The number of carbonyl (C=O) groups is 1. The molecule has 2 N–H and O–H groups in total. The van der Waals surface area contributed by atoms with Crippen molar-refractivity contribution in [3.8, 4) is 0 Å². The minimum absolute atomic E-state index is 0.0223. The average Bonchev–Trinajstić information content (AvgIpc) is 2.37. The topological polar surface area (TPSA) is 52.6 Å². The number of benzene rings is 1. The number of amides is 1. The second-order valence-electron chi connectivity index (χ2n) is 3.96. The van der Waals surface area contributed by atoms with Crippen LogP contribution in [0.15, 0.2) is 24.3 Å². The number of halogens is 1. The van der Waals surface area contributed by atoms with Crippen molar-refractivity contribution in [3.05, 3.63) is 35.6 Å². The van der Waals surface area contributed by atoms with E-state index in [1.807, 2.05) is 11.8 Å². The van der Waals surface area contributed by atoms with Gasteiger partial charge in [0.1, 0.15) is 5.82 Å². The van der Waals surface area contributed by atoms with Crippen molar-refractivity contribution in [3.63, 3.8) is 0 Å². The van der Waals surface area contributed by atoms with E-state index < -0.39 is 0 Å². The summed E-state index contributed by atoms with van der Waals surface area (Å²) in [6.07, 6.45) is 0. The zero-order valence-electron chi connectivity index (χ0n) is 10.5. The highest BCUT2D eigenvalue weighted by molar-refractivity contribution is 5.78. The van der Waals surface area contributed by atoms with Crippen LogP contribution in [0.1, 0.15) is 12.5 Å². The Balaban J connectivity index is 2.39. The Bertz CT molecular complexity index is 385. The van der Waals surface area contributed by atoms with Crippen LogP contribution in [-0.2, 0) is 11.3 Å². The lowest BCUT2D eigenvalue weighted by Crippen LogP contribution is -2.38. The largest absolute Gasteiger partial charge is 0.395 e. The molecule has 0 saturated carbocycles. The van der Waals surface area contributed by atoms with E-state index in [1.54, 1.807) is 18.2 Å². The second-order valence-corrected chi connectivity index (χ2v) is 3.96. The van der Waals surface area contributed by atoms with Gasteiger partial charge in [-0.1, -0.05) is 25.1 Å². The molecule has 100 valence electrons. The van der Waals surface area contributed by atoms with Crippen LogP contribution in [-0.4, -0.2) is 42.2 Å². The highest BCUT2D eigenvalue weighted by Gasteiger charge is 2.09. The highest BCUT2D eigenvalue weighted by atomic mass is 19.1. The lowest BCUT2D eigenvalue weighted by molar-refractivity contribution is -0.122. The third kappa shape index (κ3) is 4.81. The van der Waals surface area contributed by atoms with Crippen molar-refractivity contribution < 1.29 is 14.3 Å². The zero-order valence-corrected chi connectivity index (χ0v) is 10.5. The number of nitrogens with zero attached hydrogens (tertiary/aromatic N) is 1. The van der Waals surface area contributed by atoms with Gasteiger partial charge in [0, 0.05) is 18.7 Å². The Morgan fingerprint density at radius 3 is 2.78 bits per heavy atom. The van der Waals surface area contributed by atoms with Gasteiger partial charge >= 0.3 is 0 Å². The van der Waals surface area contributed by atoms with Gasteiger partial charge in [-0.25, -0.2) is 4.39 Å². The maximum absolute atomic E-state index is 13.3. The molecule has 5 heteroatoms. The van der Waals surface area contributed by atoms with Crippen molar-refractivity contribution in [2.45, 2.75) is 13.5 Å². The Kier molecular flexibility index (Phi) is 6.32. The third-order valence-corrected chi connectivity index (χ3v) is 2.66. The first-order valence-electron chi connectivity index (χ1n) is 6.00. The molecule has 0 atom stereocenters. The number of rotatable bonds is 7. The van der Waals surface area contributed by atoms with Gasteiger partial charge in [-0.05, 0) is 12.6 Å². The fraction of sp³-hybridized carbons (Fsp3) is 0.462. The predicted octanol–water partition coefficient (Wildman–Crippen LogP) is 0.756. The first kappa shape index (κ1) is 14.6. The van der Waals surface area contributed by atoms with Crippen LogP contribution >= 0.6 is 0 Å². The van der Waals surface area contributed by atoms with E-state index in [1.165, 1.54) is 6.07 Å². The second kappa shape index (κ2) is 7.79. The summed E-state index contributed by atoms with van der Waals surface area (Å²) >= 11 is 0. The van der Waals surface area contributed by atoms with Crippen LogP contribution in [0.5, 0.6) is 0 Å². The van der Waals surface area contributed by atoms with Gasteiger partial charge in [0.05, 0.1) is 13.2 Å². The van der Waals surface area contributed by atoms with Crippen LogP contribution in [0.2, 0.25) is 0 Å².